The molecule has 2 aliphatic rings. The van der Waals surface area contributed by atoms with Crippen LogP contribution in [-0.4, -0.2) is 92.7 Å². The van der Waals surface area contributed by atoms with E-state index in [-0.39, 0.29) is 18.0 Å². The minimum Gasteiger partial charge on any atom is -0.380 e. The molecule has 2 aliphatic heterocycles. The lowest BCUT2D eigenvalue weighted by molar-refractivity contribution is -0.130. The van der Waals surface area contributed by atoms with E-state index < -0.39 is 0 Å². The van der Waals surface area contributed by atoms with Gasteiger partial charge in [-0.2, -0.15) is 0 Å². The fourth-order valence-electron chi connectivity index (χ4n) is 3.70. The van der Waals surface area contributed by atoms with Crippen LogP contribution in [0.15, 0.2) is 0 Å². The predicted molar refractivity (Wildman–Crippen MR) is 92.8 cm³/mol. The lowest BCUT2D eigenvalue weighted by atomic mass is 9.98. The summed E-state index contributed by atoms with van der Waals surface area (Å²) in [5.74, 6) is 0.479. The summed E-state index contributed by atoms with van der Waals surface area (Å²) < 4.78 is 5.42. The highest BCUT2D eigenvalue weighted by atomic mass is 16.5. The topological polar surface area (TPSA) is 65.1 Å². The zero-order valence-corrected chi connectivity index (χ0v) is 15.5. The fraction of sp³-hybridized carbons (Fsp3) is 0.882. The molecule has 7 heteroatoms. The van der Waals surface area contributed by atoms with Crippen molar-refractivity contribution in [3.05, 3.63) is 0 Å². The van der Waals surface area contributed by atoms with Crippen LogP contribution in [0.2, 0.25) is 0 Å². The highest BCUT2D eigenvalue weighted by Crippen LogP contribution is 2.19. The number of amides is 3. The van der Waals surface area contributed by atoms with E-state index >= 15 is 0 Å². The highest BCUT2D eigenvalue weighted by molar-refractivity contribution is 5.74. The summed E-state index contributed by atoms with van der Waals surface area (Å²) in [4.78, 5) is 29.7. The van der Waals surface area contributed by atoms with E-state index in [1.54, 1.807) is 18.9 Å². The second kappa shape index (κ2) is 8.67. The number of piperidine rings is 1. The van der Waals surface area contributed by atoms with Crippen LogP contribution in [0, 0.1) is 5.92 Å². The number of likely N-dealkylation sites (N-methyl/N-ethyl adjacent to an activating group) is 2. The molecule has 0 aromatic heterocycles. The van der Waals surface area contributed by atoms with Gasteiger partial charge in [0.25, 0.3) is 0 Å². The molecule has 0 spiro atoms. The zero-order valence-electron chi connectivity index (χ0n) is 15.5. The van der Waals surface area contributed by atoms with Crippen LogP contribution in [0.25, 0.3) is 0 Å². The highest BCUT2D eigenvalue weighted by Gasteiger charge is 2.31. The summed E-state index contributed by atoms with van der Waals surface area (Å²) in [7, 11) is 5.66. The molecule has 0 aliphatic carbocycles. The predicted octanol–water partition coefficient (Wildman–Crippen LogP) is 0.605. The molecule has 3 amide bonds. The maximum absolute atomic E-state index is 12.3. The fourth-order valence-corrected chi connectivity index (χ4v) is 3.70. The summed E-state index contributed by atoms with van der Waals surface area (Å²) in [6.07, 6.45) is 3.30. The van der Waals surface area contributed by atoms with Crippen LogP contribution in [0.4, 0.5) is 4.79 Å². The van der Waals surface area contributed by atoms with Crippen molar-refractivity contribution in [1.82, 2.24) is 20.0 Å². The Labute approximate surface area is 145 Å². The van der Waals surface area contributed by atoms with Crippen molar-refractivity contribution in [2.45, 2.75) is 38.3 Å². The molecule has 0 bridgehead atoms. The number of ether oxygens (including phenoxy) is 1. The Bertz CT molecular complexity index is 446. The average Bonchev–Trinajstić information content (AvgIpc) is 2.92. The Balaban J connectivity index is 1.73. The lowest BCUT2D eigenvalue weighted by Crippen LogP contribution is -2.47. The molecule has 2 saturated heterocycles. The molecule has 3 atom stereocenters. The Kier molecular flexibility index (Phi) is 6.86. The average molecular weight is 340 g/mol. The first kappa shape index (κ1) is 19.0. The molecular formula is C17H32N4O3. The number of hydrogen-bond acceptors (Lipinski definition) is 4. The molecule has 2 heterocycles. The quantitative estimate of drug-likeness (QED) is 0.796. The number of urea groups is 1. The van der Waals surface area contributed by atoms with Crippen LogP contribution in [-0.2, 0) is 9.53 Å². The van der Waals surface area contributed by atoms with Crippen LogP contribution < -0.4 is 5.32 Å². The number of nitrogens with one attached hydrogen (secondary N) is 1. The standard InChI is InChI=1S/C17H32N4O3/c1-13(22)21-7-5-6-14(10-21)9-18-17(23)20(3)11-15-8-16(24-4)12-19(15)2/h14-16H,5-12H2,1-4H3,(H,18,23)/t14?,15-,16-/m0/s1. The molecule has 2 rings (SSSR count). The molecule has 0 aromatic carbocycles. The first-order valence-electron chi connectivity index (χ1n) is 8.88. The van der Waals surface area contributed by atoms with Crippen molar-refractivity contribution < 1.29 is 14.3 Å². The van der Waals surface area contributed by atoms with E-state index in [4.69, 9.17) is 4.74 Å². The Hall–Kier alpha value is -1.34. The van der Waals surface area contributed by atoms with Crippen LogP contribution in [0.5, 0.6) is 0 Å². The van der Waals surface area contributed by atoms with E-state index in [1.807, 2.05) is 11.9 Å². The first-order valence-corrected chi connectivity index (χ1v) is 8.88. The van der Waals surface area contributed by atoms with Gasteiger partial charge in [0, 0.05) is 59.8 Å². The normalized spacial score (nSPS) is 28.0. The van der Waals surface area contributed by atoms with Gasteiger partial charge in [0.05, 0.1) is 6.10 Å². The van der Waals surface area contributed by atoms with Crippen LogP contribution in [0.3, 0.4) is 0 Å². The van der Waals surface area contributed by atoms with Gasteiger partial charge in [-0.15, -0.1) is 0 Å². The van der Waals surface area contributed by atoms with Crippen molar-refractivity contribution in [3.63, 3.8) is 0 Å². The number of carbonyl (C=O) groups excluding carboxylic acids is 2. The first-order chi connectivity index (χ1) is 11.4. The number of hydrogen-bond donors (Lipinski definition) is 1. The smallest absolute Gasteiger partial charge is 0.317 e. The lowest BCUT2D eigenvalue weighted by Gasteiger charge is -2.32. The van der Waals surface area contributed by atoms with Gasteiger partial charge in [0.1, 0.15) is 0 Å². The van der Waals surface area contributed by atoms with Crippen LogP contribution >= 0.6 is 0 Å². The van der Waals surface area contributed by atoms with E-state index in [1.165, 1.54) is 0 Å². The largest absolute Gasteiger partial charge is 0.380 e. The number of nitrogens with zero attached hydrogens (tertiary/aromatic N) is 3. The van der Waals surface area contributed by atoms with Crippen molar-refractivity contribution >= 4 is 11.9 Å². The molecule has 1 N–H and O–H groups in total. The monoisotopic (exact) mass is 340 g/mol. The van der Waals surface area contributed by atoms with Gasteiger partial charge in [-0.3, -0.25) is 9.69 Å². The minimum atomic E-state index is -0.0378. The van der Waals surface area contributed by atoms with E-state index in [2.05, 4.69) is 17.3 Å². The van der Waals surface area contributed by atoms with Crippen molar-refractivity contribution in [2.24, 2.45) is 5.92 Å². The molecule has 0 radical (unpaired) electrons. The molecule has 0 aromatic rings. The van der Waals surface area contributed by atoms with Gasteiger partial charge in [-0.1, -0.05) is 0 Å². The molecule has 138 valence electrons. The minimum absolute atomic E-state index is 0.0378. The van der Waals surface area contributed by atoms with E-state index in [9.17, 15) is 9.59 Å². The summed E-state index contributed by atoms with van der Waals surface area (Å²) in [5.41, 5.74) is 0. The van der Waals surface area contributed by atoms with Crippen molar-refractivity contribution in [3.8, 4) is 0 Å². The van der Waals surface area contributed by atoms with Crippen molar-refractivity contribution in [1.29, 1.82) is 0 Å². The van der Waals surface area contributed by atoms with Gasteiger partial charge in [0.15, 0.2) is 0 Å². The second-order valence-electron chi connectivity index (χ2n) is 7.23. The third-order valence-corrected chi connectivity index (χ3v) is 5.32. The Morgan fingerprint density at radius 3 is 2.71 bits per heavy atom. The maximum Gasteiger partial charge on any atom is 0.317 e. The Morgan fingerprint density at radius 1 is 1.33 bits per heavy atom. The van der Waals surface area contributed by atoms with Gasteiger partial charge < -0.3 is 19.9 Å². The number of rotatable bonds is 5. The van der Waals surface area contributed by atoms with Crippen LogP contribution in [0.1, 0.15) is 26.2 Å². The molecule has 0 saturated carbocycles. The van der Waals surface area contributed by atoms with Gasteiger partial charge in [0.2, 0.25) is 5.91 Å². The molecule has 7 nitrogen and oxygen atoms in total. The van der Waals surface area contributed by atoms with Crippen molar-refractivity contribution in [2.75, 3.05) is 53.9 Å². The van der Waals surface area contributed by atoms with Gasteiger partial charge in [-0.05, 0) is 32.2 Å². The zero-order chi connectivity index (χ0) is 17.7. The molecule has 1 unspecified atom stereocenters. The number of likely N-dealkylation sites (tertiary alicyclic amines) is 2. The summed E-state index contributed by atoms with van der Waals surface area (Å²) in [5, 5.41) is 3.02. The summed E-state index contributed by atoms with van der Waals surface area (Å²) in [6, 6.07) is 0.304. The second-order valence-corrected chi connectivity index (χ2v) is 7.23. The SMILES string of the molecule is CO[C@H]1C[C@@H](CN(C)C(=O)NCC2CCCN(C(C)=O)C2)N(C)C1. The van der Waals surface area contributed by atoms with E-state index in [0.717, 1.165) is 38.9 Å². The third-order valence-electron chi connectivity index (χ3n) is 5.32. The summed E-state index contributed by atoms with van der Waals surface area (Å²) in [6.45, 7) is 5.45. The Morgan fingerprint density at radius 2 is 2.08 bits per heavy atom. The third kappa shape index (κ3) is 5.08. The number of methoxy groups -OCH3 is 1. The molecular weight excluding hydrogens is 308 g/mol. The van der Waals surface area contributed by atoms with Gasteiger partial charge in [-0.25, -0.2) is 4.79 Å². The molecule has 24 heavy (non-hydrogen) atoms. The van der Waals surface area contributed by atoms with Gasteiger partial charge >= 0.3 is 6.03 Å². The number of carbonyl (C=O) groups is 2. The maximum atomic E-state index is 12.3. The van der Waals surface area contributed by atoms with E-state index in [0.29, 0.717) is 25.0 Å². The molecule has 2 fully saturated rings. The summed E-state index contributed by atoms with van der Waals surface area (Å²) >= 11 is 0.